The molecule has 2 aromatic rings. The van der Waals surface area contributed by atoms with Crippen molar-refractivity contribution < 1.29 is 19.1 Å². The molecule has 0 radical (unpaired) electrons. The van der Waals surface area contributed by atoms with E-state index in [-0.39, 0.29) is 11.5 Å². The summed E-state index contributed by atoms with van der Waals surface area (Å²) in [6, 6.07) is 6.07. The van der Waals surface area contributed by atoms with Crippen molar-refractivity contribution in [2.75, 3.05) is 5.32 Å². The number of benzene rings is 1. The predicted molar refractivity (Wildman–Crippen MR) is 72.5 cm³/mol. The van der Waals surface area contributed by atoms with Crippen LogP contribution in [0.15, 0.2) is 39.6 Å². The number of carboxylic acid groups (broad SMARTS) is 1. The molecule has 1 aromatic heterocycles. The van der Waals surface area contributed by atoms with Gasteiger partial charge in [-0.25, -0.2) is 4.79 Å². The van der Waals surface area contributed by atoms with Gasteiger partial charge in [0.1, 0.15) is 0 Å². The summed E-state index contributed by atoms with van der Waals surface area (Å²) in [4.78, 5) is 22.9. The number of rotatable bonds is 3. The Hall–Kier alpha value is -2.08. The fourth-order valence-electron chi connectivity index (χ4n) is 1.54. The van der Waals surface area contributed by atoms with Gasteiger partial charge in [0.2, 0.25) is 0 Å². The standard InChI is InChI=1S/C13H10BrNO4/c1-7-2-3-8(13(17)18)6-10(7)15-12(16)9-4-5-19-11(9)14/h2-6H,1H3,(H,15,16)(H,17,18). The number of hydrogen-bond donors (Lipinski definition) is 2. The van der Waals surface area contributed by atoms with Crippen LogP contribution < -0.4 is 5.32 Å². The van der Waals surface area contributed by atoms with Crippen LogP contribution >= 0.6 is 15.9 Å². The maximum atomic E-state index is 12.0. The Morgan fingerprint density at radius 3 is 2.63 bits per heavy atom. The maximum Gasteiger partial charge on any atom is 0.335 e. The first-order valence-corrected chi connectivity index (χ1v) is 6.16. The second-order valence-electron chi connectivity index (χ2n) is 3.90. The van der Waals surface area contributed by atoms with E-state index in [9.17, 15) is 9.59 Å². The number of aryl methyl sites for hydroxylation is 1. The Bertz CT molecular complexity index is 648. The molecule has 0 saturated carbocycles. The van der Waals surface area contributed by atoms with Gasteiger partial charge in [0.05, 0.1) is 17.4 Å². The van der Waals surface area contributed by atoms with Crippen LogP contribution in [-0.2, 0) is 0 Å². The van der Waals surface area contributed by atoms with Crippen LogP contribution in [0.5, 0.6) is 0 Å². The summed E-state index contributed by atoms with van der Waals surface area (Å²) >= 11 is 3.11. The molecule has 0 atom stereocenters. The number of furan rings is 1. The Morgan fingerprint density at radius 1 is 1.32 bits per heavy atom. The molecule has 2 rings (SSSR count). The zero-order valence-electron chi connectivity index (χ0n) is 9.94. The molecular weight excluding hydrogens is 314 g/mol. The highest BCUT2D eigenvalue weighted by atomic mass is 79.9. The van der Waals surface area contributed by atoms with Gasteiger partial charge in [0, 0.05) is 5.69 Å². The lowest BCUT2D eigenvalue weighted by molar-refractivity contribution is 0.0696. The fraction of sp³-hybridized carbons (Fsp3) is 0.0769. The van der Waals surface area contributed by atoms with Crippen LogP contribution in [0.2, 0.25) is 0 Å². The third kappa shape index (κ3) is 2.85. The lowest BCUT2D eigenvalue weighted by Crippen LogP contribution is -2.13. The Balaban J connectivity index is 2.28. The molecule has 1 amide bonds. The molecule has 5 nitrogen and oxygen atoms in total. The van der Waals surface area contributed by atoms with E-state index >= 15 is 0 Å². The van der Waals surface area contributed by atoms with Crippen molar-refractivity contribution in [2.24, 2.45) is 0 Å². The molecule has 0 saturated heterocycles. The Morgan fingerprint density at radius 2 is 2.05 bits per heavy atom. The molecular formula is C13H10BrNO4. The van der Waals surface area contributed by atoms with E-state index in [0.29, 0.717) is 15.9 Å². The lowest BCUT2D eigenvalue weighted by Gasteiger charge is -2.08. The second-order valence-corrected chi connectivity index (χ2v) is 4.62. The minimum Gasteiger partial charge on any atom is -0.478 e. The second kappa shape index (κ2) is 5.27. The third-order valence-electron chi connectivity index (χ3n) is 2.60. The van der Waals surface area contributed by atoms with E-state index < -0.39 is 5.97 Å². The average molecular weight is 324 g/mol. The molecule has 19 heavy (non-hydrogen) atoms. The normalized spacial score (nSPS) is 10.2. The van der Waals surface area contributed by atoms with Crippen LogP contribution in [0.25, 0.3) is 0 Å². The molecule has 0 aliphatic heterocycles. The van der Waals surface area contributed by atoms with Gasteiger partial charge in [-0.1, -0.05) is 6.07 Å². The number of aromatic carboxylic acids is 1. The number of nitrogens with one attached hydrogen (secondary N) is 1. The van der Waals surface area contributed by atoms with Crippen molar-refractivity contribution in [1.82, 2.24) is 0 Å². The highest BCUT2D eigenvalue weighted by Gasteiger charge is 2.14. The number of hydrogen-bond acceptors (Lipinski definition) is 3. The fourth-order valence-corrected chi connectivity index (χ4v) is 1.96. The highest BCUT2D eigenvalue weighted by molar-refractivity contribution is 9.10. The molecule has 6 heteroatoms. The molecule has 2 N–H and O–H groups in total. The number of anilines is 1. The zero-order valence-corrected chi connectivity index (χ0v) is 11.5. The van der Waals surface area contributed by atoms with Crippen LogP contribution in [0.4, 0.5) is 5.69 Å². The number of amides is 1. The molecule has 0 spiro atoms. The van der Waals surface area contributed by atoms with Gasteiger partial charge < -0.3 is 14.8 Å². The van der Waals surface area contributed by atoms with Crippen LogP contribution in [0.3, 0.4) is 0 Å². The first-order chi connectivity index (χ1) is 8.99. The van der Waals surface area contributed by atoms with E-state index in [1.165, 1.54) is 24.5 Å². The van der Waals surface area contributed by atoms with Gasteiger partial charge in [-0.2, -0.15) is 0 Å². The maximum absolute atomic E-state index is 12.0. The highest BCUT2D eigenvalue weighted by Crippen LogP contribution is 2.21. The monoisotopic (exact) mass is 323 g/mol. The van der Waals surface area contributed by atoms with Crippen molar-refractivity contribution in [1.29, 1.82) is 0 Å². The summed E-state index contributed by atoms with van der Waals surface area (Å²) in [6.45, 7) is 1.78. The largest absolute Gasteiger partial charge is 0.478 e. The minimum absolute atomic E-state index is 0.118. The summed E-state index contributed by atoms with van der Waals surface area (Å²) in [7, 11) is 0. The minimum atomic E-state index is -1.04. The molecule has 0 aliphatic rings. The van der Waals surface area contributed by atoms with E-state index in [0.717, 1.165) is 5.56 Å². The quantitative estimate of drug-likeness (QED) is 0.908. The molecule has 0 fully saturated rings. The lowest BCUT2D eigenvalue weighted by atomic mass is 10.1. The number of carbonyl (C=O) groups excluding carboxylic acids is 1. The van der Waals surface area contributed by atoms with Crippen molar-refractivity contribution in [2.45, 2.75) is 6.92 Å². The van der Waals surface area contributed by atoms with Gasteiger partial charge in [-0.3, -0.25) is 4.79 Å². The molecule has 0 bridgehead atoms. The van der Waals surface area contributed by atoms with Crippen molar-refractivity contribution >= 4 is 33.5 Å². The van der Waals surface area contributed by atoms with Crippen LogP contribution in [0, 0.1) is 6.92 Å². The van der Waals surface area contributed by atoms with Gasteiger partial charge in [0.15, 0.2) is 4.67 Å². The van der Waals surface area contributed by atoms with Crippen molar-refractivity contribution in [3.05, 3.63) is 51.9 Å². The van der Waals surface area contributed by atoms with Gasteiger partial charge >= 0.3 is 5.97 Å². The number of carboxylic acids is 1. The van der Waals surface area contributed by atoms with Crippen LogP contribution in [0.1, 0.15) is 26.3 Å². The first-order valence-electron chi connectivity index (χ1n) is 5.37. The molecule has 0 unspecified atom stereocenters. The summed E-state index contributed by atoms with van der Waals surface area (Å²) in [5.41, 5.74) is 1.70. The van der Waals surface area contributed by atoms with E-state index in [1.807, 2.05) is 0 Å². The molecule has 0 aliphatic carbocycles. The smallest absolute Gasteiger partial charge is 0.335 e. The summed E-state index contributed by atoms with van der Waals surface area (Å²) in [5, 5.41) is 11.6. The van der Waals surface area contributed by atoms with Crippen LogP contribution in [-0.4, -0.2) is 17.0 Å². The van der Waals surface area contributed by atoms with Crippen molar-refractivity contribution in [3.8, 4) is 0 Å². The summed E-state index contributed by atoms with van der Waals surface area (Å²) < 4.78 is 5.31. The number of halogens is 1. The summed E-state index contributed by atoms with van der Waals surface area (Å²) in [5.74, 6) is -1.41. The Labute approximate surface area is 117 Å². The summed E-state index contributed by atoms with van der Waals surface area (Å²) in [6.07, 6.45) is 1.39. The van der Waals surface area contributed by atoms with Gasteiger partial charge in [-0.15, -0.1) is 0 Å². The SMILES string of the molecule is Cc1ccc(C(=O)O)cc1NC(=O)c1ccoc1Br. The number of carbonyl (C=O) groups is 2. The van der Waals surface area contributed by atoms with Gasteiger partial charge in [-0.05, 0) is 46.6 Å². The van der Waals surface area contributed by atoms with E-state index in [4.69, 9.17) is 9.52 Å². The van der Waals surface area contributed by atoms with E-state index in [1.54, 1.807) is 13.0 Å². The topological polar surface area (TPSA) is 79.5 Å². The molecule has 98 valence electrons. The first kappa shape index (κ1) is 13.4. The predicted octanol–water partition coefficient (Wildman–Crippen LogP) is 3.30. The van der Waals surface area contributed by atoms with Crippen molar-refractivity contribution in [3.63, 3.8) is 0 Å². The third-order valence-corrected chi connectivity index (χ3v) is 3.21. The zero-order chi connectivity index (χ0) is 14.0. The van der Waals surface area contributed by atoms with E-state index in [2.05, 4.69) is 21.2 Å². The molecule has 1 aromatic carbocycles. The Kier molecular flexibility index (Phi) is 3.71. The molecule has 1 heterocycles. The van der Waals surface area contributed by atoms with Gasteiger partial charge in [0.25, 0.3) is 5.91 Å². The average Bonchev–Trinajstić information content (AvgIpc) is 2.78.